The maximum atomic E-state index is 12.0. The van der Waals surface area contributed by atoms with Gasteiger partial charge in [0.05, 0.1) is 6.04 Å². The lowest BCUT2D eigenvalue weighted by atomic mass is 9.88. The van der Waals surface area contributed by atoms with Gasteiger partial charge in [-0.15, -0.1) is 0 Å². The van der Waals surface area contributed by atoms with Crippen molar-refractivity contribution >= 4 is 11.6 Å². The van der Waals surface area contributed by atoms with Gasteiger partial charge >= 0.3 is 0 Å². The van der Waals surface area contributed by atoms with Crippen molar-refractivity contribution in [3.8, 4) is 0 Å². The van der Waals surface area contributed by atoms with E-state index in [9.17, 15) is 4.79 Å². The lowest BCUT2D eigenvalue weighted by molar-refractivity contribution is -0.118. The molecule has 1 aliphatic rings. The number of β-lactam (4-membered cyclic amide) rings is 1. The summed E-state index contributed by atoms with van der Waals surface area (Å²) in [7, 11) is 0. The molecule has 3 rings (SSSR count). The van der Waals surface area contributed by atoms with Crippen LogP contribution in [0.2, 0.25) is 0 Å². The molecule has 2 nitrogen and oxygen atoms in total. The standard InChI is InChI=1S/C16H13NO/c1-12-15(13-8-4-2-5-9-13)17(16(12)18)14-10-6-3-7-11-14/h2-11,15H,1H2/t15-/m1/s1. The van der Waals surface area contributed by atoms with Crippen LogP contribution in [-0.2, 0) is 4.79 Å². The van der Waals surface area contributed by atoms with Gasteiger partial charge in [-0.2, -0.15) is 0 Å². The van der Waals surface area contributed by atoms with Crippen molar-refractivity contribution in [2.45, 2.75) is 6.04 Å². The van der Waals surface area contributed by atoms with E-state index in [0.29, 0.717) is 5.57 Å². The van der Waals surface area contributed by atoms with E-state index in [1.54, 1.807) is 4.90 Å². The van der Waals surface area contributed by atoms with Crippen LogP contribution in [0.4, 0.5) is 5.69 Å². The molecule has 1 heterocycles. The Kier molecular flexibility index (Phi) is 2.49. The van der Waals surface area contributed by atoms with Crippen LogP contribution in [0.25, 0.3) is 0 Å². The molecule has 0 aliphatic carbocycles. The zero-order valence-corrected chi connectivity index (χ0v) is 9.91. The van der Waals surface area contributed by atoms with Gasteiger partial charge in [-0.25, -0.2) is 0 Å². The minimum absolute atomic E-state index is 0.00931. The molecule has 1 aliphatic heterocycles. The summed E-state index contributed by atoms with van der Waals surface area (Å²) >= 11 is 0. The van der Waals surface area contributed by atoms with Crippen LogP contribution < -0.4 is 4.90 Å². The number of amides is 1. The molecule has 1 fully saturated rings. The lowest BCUT2D eigenvalue weighted by Gasteiger charge is -2.42. The van der Waals surface area contributed by atoms with Gasteiger partial charge in [-0.1, -0.05) is 55.1 Å². The number of para-hydroxylation sites is 1. The second-order valence-corrected chi connectivity index (χ2v) is 4.35. The Balaban J connectivity index is 2.00. The highest BCUT2D eigenvalue weighted by atomic mass is 16.2. The van der Waals surface area contributed by atoms with Crippen molar-refractivity contribution < 1.29 is 4.79 Å². The maximum Gasteiger partial charge on any atom is 0.256 e. The Morgan fingerprint density at radius 3 is 2.06 bits per heavy atom. The van der Waals surface area contributed by atoms with Crippen LogP contribution >= 0.6 is 0 Å². The molecule has 0 saturated carbocycles. The predicted octanol–water partition coefficient (Wildman–Crippen LogP) is 3.33. The molecule has 88 valence electrons. The number of carbonyl (C=O) groups excluding carboxylic acids is 1. The summed E-state index contributed by atoms with van der Waals surface area (Å²) in [5.41, 5.74) is 2.68. The molecule has 18 heavy (non-hydrogen) atoms. The summed E-state index contributed by atoms with van der Waals surface area (Å²) in [5.74, 6) is 0.00931. The van der Waals surface area contributed by atoms with Crippen LogP contribution in [0.3, 0.4) is 0 Å². The highest BCUT2D eigenvalue weighted by Gasteiger charge is 2.42. The summed E-state index contributed by atoms with van der Waals surface area (Å²) in [6.45, 7) is 3.88. The molecule has 1 atom stereocenters. The van der Waals surface area contributed by atoms with Gasteiger partial charge in [0.2, 0.25) is 0 Å². The minimum Gasteiger partial charge on any atom is -0.297 e. The average Bonchev–Trinajstić information content (AvgIpc) is 2.45. The van der Waals surface area contributed by atoms with Gasteiger partial charge in [0.25, 0.3) is 5.91 Å². The van der Waals surface area contributed by atoms with Crippen molar-refractivity contribution in [2.75, 3.05) is 4.90 Å². The Bertz CT molecular complexity index is 534. The summed E-state index contributed by atoms with van der Waals surface area (Å²) < 4.78 is 0. The van der Waals surface area contributed by atoms with Crippen molar-refractivity contribution in [3.05, 3.63) is 78.4 Å². The molecular weight excluding hydrogens is 222 g/mol. The van der Waals surface area contributed by atoms with Crippen LogP contribution in [0.5, 0.6) is 0 Å². The number of nitrogens with zero attached hydrogens (tertiary/aromatic N) is 1. The smallest absolute Gasteiger partial charge is 0.256 e. The van der Waals surface area contributed by atoms with Gasteiger partial charge < -0.3 is 0 Å². The van der Waals surface area contributed by atoms with E-state index in [1.807, 2.05) is 60.7 Å². The number of rotatable bonds is 2. The molecule has 0 radical (unpaired) electrons. The molecule has 0 unspecified atom stereocenters. The zero-order chi connectivity index (χ0) is 12.5. The SMILES string of the molecule is C=C1C(=O)N(c2ccccc2)[C@H]1c1ccccc1. The van der Waals surface area contributed by atoms with E-state index in [-0.39, 0.29) is 11.9 Å². The fourth-order valence-electron chi connectivity index (χ4n) is 2.32. The largest absolute Gasteiger partial charge is 0.297 e. The second kappa shape index (κ2) is 4.15. The lowest BCUT2D eigenvalue weighted by Crippen LogP contribution is -2.48. The highest BCUT2D eigenvalue weighted by molar-refractivity contribution is 6.14. The van der Waals surface area contributed by atoms with E-state index in [1.165, 1.54) is 0 Å². The summed E-state index contributed by atoms with van der Waals surface area (Å²) in [4.78, 5) is 13.8. The predicted molar refractivity (Wildman–Crippen MR) is 72.3 cm³/mol. The third-order valence-electron chi connectivity index (χ3n) is 3.23. The van der Waals surface area contributed by atoms with E-state index in [4.69, 9.17) is 0 Å². The first-order chi connectivity index (χ1) is 8.79. The summed E-state index contributed by atoms with van der Waals surface area (Å²) in [5, 5.41) is 0. The average molecular weight is 235 g/mol. The molecule has 0 N–H and O–H groups in total. The number of hydrogen-bond donors (Lipinski definition) is 0. The zero-order valence-electron chi connectivity index (χ0n) is 9.91. The summed E-state index contributed by atoms with van der Waals surface area (Å²) in [6, 6.07) is 19.7. The number of carbonyl (C=O) groups is 1. The normalized spacial score (nSPS) is 18.7. The van der Waals surface area contributed by atoms with E-state index in [2.05, 4.69) is 6.58 Å². The Labute approximate surface area is 106 Å². The van der Waals surface area contributed by atoms with Gasteiger partial charge in [-0.3, -0.25) is 9.69 Å². The quantitative estimate of drug-likeness (QED) is 0.577. The minimum atomic E-state index is -0.0268. The van der Waals surface area contributed by atoms with E-state index in [0.717, 1.165) is 11.3 Å². The topological polar surface area (TPSA) is 20.3 Å². The van der Waals surface area contributed by atoms with Crippen LogP contribution in [-0.4, -0.2) is 5.91 Å². The van der Waals surface area contributed by atoms with Gasteiger partial charge in [-0.05, 0) is 17.7 Å². The van der Waals surface area contributed by atoms with Gasteiger partial charge in [0, 0.05) is 11.3 Å². The van der Waals surface area contributed by atoms with Crippen molar-refractivity contribution in [1.29, 1.82) is 0 Å². The Hall–Kier alpha value is -2.35. The number of benzene rings is 2. The first-order valence-electron chi connectivity index (χ1n) is 5.91. The molecule has 2 heteroatoms. The second-order valence-electron chi connectivity index (χ2n) is 4.35. The highest BCUT2D eigenvalue weighted by Crippen LogP contribution is 2.41. The van der Waals surface area contributed by atoms with Crippen LogP contribution in [0, 0.1) is 0 Å². The van der Waals surface area contributed by atoms with Crippen LogP contribution in [0.15, 0.2) is 72.8 Å². The van der Waals surface area contributed by atoms with Gasteiger partial charge in [0.1, 0.15) is 0 Å². The van der Waals surface area contributed by atoms with Gasteiger partial charge in [0.15, 0.2) is 0 Å². The monoisotopic (exact) mass is 235 g/mol. The fourth-order valence-corrected chi connectivity index (χ4v) is 2.32. The number of anilines is 1. The third-order valence-corrected chi connectivity index (χ3v) is 3.23. The molecule has 1 amide bonds. The van der Waals surface area contributed by atoms with Crippen molar-refractivity contribution in [1.82, 2.24) is 0 Å². The van der Waals surface area contributed by atoms with E-state index < -0.39 is 0 Å². The fraction of sp³-hybridized carbons (Fsp3) is 0.0625. The molecule has 1 saturated heterocycles. The summed E-state index contributed by atoms with van der Waals surface area (Å²) in [6.07, 6.45) is 0. The molecule has 0 spiro atoms. The Morgan fingerprint density at radius 2 is 1.44 bits per heavy atom. The molecule has 2 aromatic rings. The third kappa shape index (κ3) is 1.54. The van der Waals surface area contributed by atoms with Crippen LogP contribution in [0.1, 0.15) is 11.6 Å². The van der Waals surface area contributed by atoms with E-state index >= 15 is 0 Å². The molecular formula is C16H13NO. The maximum absolute atomic E-state index is 12.0. The van der Waals surface area contributed by atoms with Crippen molar-refractivity contribution in [2.24, 2.45) is 0 Å². The van der Waals surface area contributed by atoms with Crippen molar-refractivity contribution in [3.63, 3.8) is 0 Å². The first-order valence-corrected chi connectivity index (χ1v) is 5.91. The molecule has 2 aromatic carbocycles. The molecule has 0 bridgehead atoms. The molecule has 0 aromatic heterocycles. The first kappa shape index (κ1) is 10.8. The Morgan fingerprint density at radius 1 is 0.889 bits per heavy atom. The number of hydrogen-bond acceptors (Lipinski definition) is 1.